The molecule has 2 aromatic rings. The molecule has 1 nitrogen and oxygen atoms in total. The van der Waals surface area contributed by atoms with Gasteiger partial charge < -0.3 is 4.74 Å². The van der Waals surface area contributed by atoms with Crippen molar-refractivity contribution in [3.05, 3.63) is 60.2 Å². The van der Waals surface area contributed by atoms with Crippen LogP contribution in [0.25, 0.3) is 0 Å². The summed E-state index contributed by atoms with van der Waals surface area (Å²) in [6.45, 7) is 2.06. The number of hydrogen-bond donors (Lipinski definition) is 0. The third kappa shape index (κ3) is 2.13. The lowest BCUT2D eigenvalue weighted by Gasteiger charge is -2.04. The molecule has 69 valence electrons. The molecule has 0 bridgehead atoms. The van der Waals surface area contributed by atoms with Crippen LogP contribution in [0.2, 0.25) is 0 Å². The zero-order chi connectivity index (χ0) is 9.80. The van der Waals surface area contributed by atoms with Crippen molar-refractivity contribution in [2.24, 2.45) is 0 Å². The molecule has 0 amide bonds. The minimum atomic E-state index is 0.840. The minimum Gasteiger partial charge on any atom is -0.457 e. The number of ether oxygens (including phenoxy) is 1. The predicted octanol–water partition coefficient (Wildman–Crippen LogP) is 3.59. The minimum absolute atomic E-state index is 0.840. The van der Waals surface area contributed by atoms with E-state index in [1.165, 1.54) is 5.56 Å². The Kier molecular flexibility index (Phi) is 2.50. The molecule has 0 heterocycles. The van der Waals surface area contributed by atoms with E-state index in [-0.39, 0.29) is 0 Å². The molecule has 0 aliphatic rings. The fraction of sp³-hybridized carbons (Fsp3) is 0.0769. The van der Waals surface area contributed by atoms with Crippen molar-refractivity contribution in [3.8, 4) is 11.5 Å². The van der Waals surface area contributed by atoms with Crippen molar-refractivity contribution in [1.82, 2.24) is 0 Å². The van der Waals surface area contributed by atoms with Gasteiger partial charge >= 0.3 is 0 Å². The lowest BCUT2D eigenvalue weighted by atomic mass is 10.2. The zero-order valence-corrected chi connectivity index (χ0v) is 8.03. The van der Waals surface area contributed by atoms with Crippen LogP contribution in [0.3, 0.4) is 0 Å². The summed E-state index contributed by atoms with van der Waals surface area (Å²) in [5.41, 5.74) is 1.23. The first kappa shape index (κ1) is 8.82. The van der Waals surface area contributed by atoms with Gasteiger partial charge in [-0.25, -0.2) is 0 Å². The molecule has 0 unspecified atom stereocenters. The summed E-state index contributed by atoms with van der Waals surface area (Å²) in [5, 5.41) is 0. The summed E-state index contributed by atoms with van der Waals surface area (Å²) < 4.78 is 5.61. The van der Waals surface area contributed by atoms with Crippen molar-refractivity contribution in [2.45, 2.75) is 6.92 Å². The molecule has 0 spiro atoms. The maximum atomic E-state index is 5.61. The summed E-state index contributed by atoms with van der Waals surface area (Å²) >= 11 is 0. The van der Waals surface area contributed by atoms with E-state index in [9.17, 15) is 0 Å². The average molecular weight is 183 g/mol. The Labute approximate surface area is 84.0 Å². The number of aryl methyl sites for hydroxylation is 1. The lowest BCUT2D eigenvalue weighted by Crippen LogP contribution is -1.83. The monoisotopic (exact) mass is 183 g/mol. The van der Waals surface area contributed by atoms with Gasteiger partial charge in [0.05, 0.1) is 0 Å². The lowest BCUT2D eigenvalue weighted by molar-refractivity contribution is 0.482. The van der Waals surface area contributed by atoms with Gasteiger partial charge in [-0.15, -0.1) is 0 Å². The maximum absolute atomic E-state index is 5.61. The van der Waals surface area contributed by atoms with Crippen molar-refractivity contribution in [1.29, 1.82) is 0 Å². The summed E-state index contributed by atoms with van der Waals surface area (Å²) in [4.78, 5) is 0. The van der Waals surface area contributed by atoms with E-state index in [0.29, 0.717) is 0 Å². The third-order valence-corrected chi connectivity index (χ3v) is 1.94. The molecular weight excluding hydrogens is 172 g/mol. The van der Waals surface area contributed by atoms with Crippen LogP contribution < -0.4 is 4.74 Å². The highest BCUT2D eigenvalue weighted by atomic mass is 16.5. The molecule has 2 rings (SSSR count). The van der Waals surface area contributed by atoms with Gasteiger partial charge in [0, 0.05) is 0 Å². The molecule has 0 aliphatic carbocycles. The predicted molar refractivity (Wildman–Crippen MR) is 56.5 cm³/mol. The number of benzene rings is 2. The van der Waals surface area contributed by atoms with Gasteiger partial charge in [0.1, 0.15) is 11.5 Å². The molecule has 0 fully saturated rings. The Morgan fingerprint density at radius 1 is 0.857 bits per heavy atom. The largest absolute Gasteiger partial charge is 0.457 e. The molecule has 0 saturated carbocycles. The molecule has 0 N–H and O–H groups in total. The summed E-state index contributed by atoms with van der Waals surface area (Å²) in [6.07, 6.45) is 0. The van der Waals surface area contributed by atoms with Gasteiger partial charge in [-0.2, -0.15) is 0 Å². The van der Waals surface area contributed by atoms with Gasteiger partial charge in [0.2, 0.25) is 0 Å². The first-order valence-corrected chi connectivity index (χ1v) is 4.55. The first-order valence-electron chi connectivity index (χ1n) is 4.55. The van der Waals surface area contributed by atoms with Gasteiger partial charge in [-0.3, -0.25) is 0 Å². The van der Waals surface area contributed by atoms with Crippen LogP contribution in [-0.4, -0.2) is 0 Å². The molecule has 14 heavy (non-hydrogen) atoms. The van der Waals surface area contributed by atoms with Gasteiger partial charge in [0.15, 0.2) is 0 Å². The summed E-state index contributed by atoms with van der Waals surface area (Å²) in [5.74, 6) is 1.70. The molecule has 0 aromatic heterocycles. The Morgan fingerprint density at radius 3 is 2.07 bits per heavy atom. The van der Waals surface area contributed by atoms with Gasteiger partial charge in [-0.05, 0) is 37.3 Å². The van der Waals surface area contributed by atoms with Crippen LogP contribution in [0.4, 0.5) is 0 Å². The van der Waals surface area contributed by atoms with Crippen LogP contribution in [0.5, 0.6) is 11.5 Å². The van der Waals surface area contributed by atoms with E-state index in [1.54, 1.807) is 0 Å². The van der Waals surface area contributed by atoms with Crippen LogP contribution in [0, 0.1) is 13.0 Å². The fourth-order valence-electron chi connectivity index (χ4n) is 1.18. The number of hydrogen-bond acceptors (Lipinski definition) is 1. The van der Waals surface area contributed by atoms with E-state index in [0.717, 1.165) is 11.5 Å². The smallest absolute Gasteiger partial charge is 0.127 e. The molecule has 1 heteroatoms. The third-order valence-electron chi connectivity index (χ3n) is 1.94. The Hall–Kier alpha value is -1.76. The second kappa shape index (κ2) is 3.97. The zero-order valence-electron chi connectivity index (χ0n) is 8.03. The maximum Gasteiger partial charge on any atom is 0.127 e. The fourth-order valence-corrected chi connectivity index (χ4v) is 1.18. The molecule has 0 saturated heterocycles. The topological polar surface area (TPSA) is 9.23 Å². The van der Waals surface area contributed by atoms with Gasteiger partial charge in [0.25, 0.3) is 0 Å². The SMILES string of the molecule is Cc1ccc(Oc2cc[c]cc2)cc1. The van der Waals surface area contributed by atoms with E-state index in [2.05, 4.69) is 13.0 Å². The van der Waals surface area contributed by atoms with Gasteiger partial charge in [-0.1, -0.05) is 29.8 Å². The summed E-state index contributed by atoms with van der Waals surface area (Å²) in [7, 11) is 0. The van der Waals surface area contributed by atoms with E-state index >= 15 is 0 Å². The van der Waals surface area contributed by atoms with E-state index in [1.807, 2.05) is 48.5 Å². The molecule has 0 aliphatic heterocycles. The van der Waals surface area contributed by atoms with E-state index < -0.39 is 0 Å². The van der Waals surface area contributed by atoms with Crippen molar-refractivity contribution >= 4 is 0 Å². The Balaban J connectivity index is 2.16. The highest BCUT2D eigenvalue weighted by molar-refractivity contribution is 5.32. The molecule has 2 aromatic carbocycles. The highest BCUT2D eigenvalue weighted by Crippen LogP contribution is 2.20. The second-order valence-corrected chi connectivity index (χ2v) is 3.15. The average Bonchev–Trinajstić information content (AvgIpc) is 2.23. The second-order valence-electron chi connectivity index (χ2n) is 3.15. The van der Waals surface area contributed by atoms with Crippen LogP contribution in [0.15, 0.2) is 48.5 Å². The standard InChI is InChI=1S/C13H11O/c1-11-7-9-13(10-8-11)14-12-5-3-2-4-6-12/h3-10H,1H3. The van der Waals surface area contributed by atoms with Crippen molar-refractivity contribution < 1.29 is 4.74 Å². The normalized spacial score (nSPS) is 9.79. The van der Waals surface area contributed by atoms with Crippen molar-refractivity contribution in [2.75, 3.05) is 0 Å². The van der Waals surface area contributed by atoms with Crippen LogP contribution >= 0.6 is 0 Å². The van der Waals surface area contributed by atoms with Crippen molar-refractivity contribution in [3.63, 3.8) is 0 Å². The molecule has 1 radical (unpaired) electrons. The molecular formula is C13H11O. The Bertz CT molecular complexity index is 389. The first-order chi connectivity index (χ1) is 6.84. The number of rotatable bonds is 2. The molecule has 0 atom stereocenters. The van der Waals surface area contributed by atoms with Crippen LogP contribution in [-0.2, 0) is 0 Å². The summed E-state index contributed by atoms with van der Waals surface area (Å²) in [6, 6.07) is 18.4. The van der Waals surface area contributed by atoms with E-state index in [4.69, 9.17) is 4.74 Å². The quantitative estimate of drug-likeness (QED) is 0.691. The Morgan fingerprint density at radius 2 is 1.43 bits per heavy atom. The van der Waals surface area contributed by atoms with Crippen LogP contribution in [0.1, 0.15) is 5.56 Å². The highest BCUT2D eigenvalue weighted by Gasteiger charge is 1.94.